The van der Waals surface area contributed by atoms with E-state index < -0.39 is 0 Å². The lowest BCUT2D eigenvalue weighted by Crippen LogP contribution is -2.16. The van der Waals surface area contributed by atoms with Crippen molar-refractivity contribution in [3.05, 3.63) is 90.0 Å². The van der Waals surface area contributed by atoms with E-state index in [1.165, 1.54) is 5.56 Å². The van der Waals surface area contributed by atoms with Crippen LogP contribution in [0.25, 0.3) is 0 Å². The zero-order valence-electron chi connectivity index (χ0n) is 14.9. The first-order chi connectivity index (χ1) is 12.8. The number of hydrogen-bond acceptors (Lipinski definition) is 3. The van der Waals surface area contributed by atoms with Crippen LogP contribution in [-0.2, 0) is 6.54 Å². The molecule has 26 heavy (non-hydrogen) atoms. The van der Waals surface area contributed by atoms with Gasteiger partial charge >= 0.3 is 0 Å². The molecule has 3 aromatic rings. The van der Waals surface area contributed by atoms with Gasteiger partial charge in [-0.15, -0.1) is 9.24 Å². The van der Waals surface area contributed by atoms with E-state index in [0.717, 1.165) is 29.4 Å². The number of rotatable bonds is 8. The predicted molar refractivity (Wildman–Crippen MR) is 110 cm³/mol. The summed E-state index contributed by atoms with van der Waals surface area (Å²) in [5, 5.41) is 3.53. The van der Waals surface area contributed by atoms with E-state index in [2.05, 4.69) is 32.8 Å². The van der Waals surface area contributed by atoms with Gasteiger partial charge in [-0.3, -0.25) is 0 Å². The summed E-state index contributed by atoms with van der Waals surface area (Å²) in [4.78, 5) is 0. The summed E-state index contributed by atoms with van der Waals surface area (Å²) in [6.07, 6.45) is 0. The van der Waals surface area contributed by atoms with Gasteiger partial charge in [0.1, 0.15) is 17.2 Å². The fraction of sp³-hybridized carbons (Fsp3) is 0.182. The number of benzene rings is 3. The molecule has 4 heteroatoms. The van der Waals surface area contributed by atoms with Crippen LogP contribution in [0.1, 0.15) is 23.8 Å². The summed E-state index contributed by atoms with van der Waals surface area (Å²) >= 11 is 0. The minimum Gasteiger partial charge on any atom is -0.494 e. The van der Waals surface area contributed by atoms with Crippen molar-refractivity contribution in [1.82, 2.24) is 5.32 Å². The summed E-state index contributed by atoms with van der Waals surface area (Å²) in [6.45, 7) is 3.42. The fourth-order valence-electron chi connectivity index (χ4n) is 2.65. The molecule has 0 bridgehead atoms. The van der Waals surface area contributed by atoms with Crippen LogP contribution in [0.3, 0.4) is 0 Å². The Balaban J connectivity index is 1.59. The molecule has 0 aliphatic heterocycles. The van der Waals surface area contributed by atoms with Crippen LogP contribution in [0.5, 0.6) is 17.2 Å². The molecule has 0 saturated carbocycles. The molecule has 3 aromatic carbocycles. The standard InChI is InChI=1S/C22H24NO2P/c1-2-24-21-11-7-6-8-18(21)16-23-22(26)17-12-14-20(15-13-17)25-19-9-4-3-5-10-19/h3-15,22-23H,2,16,26H2,1H3. The molecule has 1 N–H and O–H groups in total. The second-order valence-corrected chi connectivity index (χ2v) is 6.55. The van der Waals surface area contributed by atoms with E-state index in [-0.39, 0.29) is 5.78 Å². The maximum absolute atomic E-state index is 5.84. The molecule has 3 rings (SSSR count). The predicted octanol–water partition coefficient (Wildman–Crippen LogP) is 5.54. The van der Waals surface area contributed by atoms with Gasteiger partial charge in [0.25, 0.3) is 0 Å². The van der Waals surface area contributed by atoms with Crippen molar-refractivity contribution >= 4 is 9.24 Å². The van der Waals surface area contributed by atoms with E-state index in [4.69, 9.17) is 9.47 Å². The number of ether oxygens (including phenoxy) is 2. The van der Waals surface area contributed by atoms with Crippen molar-refractivity contribution in [2.24, 2.45) is 0 Å². The third kappa shape index (κ3) is 5.08. The minimum absolute atomic E-state index is 0.149. The van der Waals surface area contributed by atoms with Crippen LogP contribution in [0.4, 0.5) is 0 Å². The summed E-state index contributed by atoms with van der Waals surface area (Å²) in [6, 6.07) is 26.1. The van der Waals surface area contributed by atoms with E-state index in [9.17, 15) is 0 Å². The topological polar surface area (TPSA) is 30.5 Å². The van der Waals surface area contributed by atoms with Gasteiger partial charge in [0.05, 0.1) is 6.61 Å². The summed E-state index contributed by atoms with van der Waals surface area (Å²) in [5.74, 6) is 2.76. The van der Waals surface area contributed by atoms with E-state index in [1.807, 2.05) is 67.6 Å². The Hall–Kier alpha value is -2.35. The third-order valence-corrected chi connectivity index (χ3v) is 4.62. The van der Waals surface area contributed by atoms with Gasteiger partial charge in [-0.1, -0.05) is 48.5 Å². The van der Waals surface area contributed by atoms with Gasteiger partial charge in [-0.05, 0) is 42.8 Å². The van der Waals surface area contributed by atoms with Gasteiger partial charge in [-0.2, -0.15) is 0 Å². The lowest BCUT2D eigenvalue weighted by atomic mass is 10.1. The van der Waals surface area contributed by atoms with E-state index in [1.54, 1.807) is 0 Å². The smallest absolute Gasteiger partial charge is 0.127 e. The van der Waals surface area contributed by atoms with Crippen LogP contribution < -0.4 is 14.8 Å². The molecule has 0 heterocycles. The van der Waals surface area contributed by atoms with Crippen LogP contribution in [0, 0.1) is 0 Å². The molecule has 0 amide bonds. The van der Waals surface area contributed by atoms with Crippen molar-refractivity contribution in [3.8, 4) is 17.2 Å². The second-order valence-electron chi connectivity index (χ2n) is 5.88. The normalized spacial score (nSPS) is 11.8. The first-order valence-corrected chi connectivity index (χ1v) is 9.45. The lowest BCUT2D eigenvalue weighted by molar-refractivity contribution is 0.335. The summed E-state index contributed by atoms with van der Waals surface area (Å²) in [7, 11) is 2.85. The van der Waals surface area contributed by atoms with Crippen LogP contribution >= 0.6 is 9.24 Å². The van der Waals surface area contributed by atoms with E-state index in [0.29, 0.717) is 6.61 Å². The van der Waals surface area contributed by atoms with Gasteiger partial charge < -0.3 is 14.8 Å². The van der Waals surface area contributed by atoms with Gasteiger partial charge in [-0.25, -0.2) is 0 Å². The molecule has 0 saturated heterocycles. The molecular formula is C22H24NO2P. The van der Waals surface area contributed by atoms with E-state index >= 15 is 0 Å². The highest BCUT2D eigenvalue weighted by Crippen LogP contribution is 2.26. The molecule has 0 aliphatic carbocycles. The monoisotopic (exact) mass is 365 g/mol. The highest BCUT2D eigenvalue weighted by Gasteiger charge is 2.08. The molecule has 2 atom stereocenters. The molecule has 0 aliphatic rings. The van der Waals surface area contributed by atoms with Crippen LogP contribution in [-0.4, -0.2) is 6.61 Å². The third-order valence-electron chi connectivity index (χ3n) is 4.00. The largest absolute Gasteiger partial charge is 0.494 e. The zero-order chi connectivity index (χ0) is 18.2. The van der Waals surface area contributed by atoms with Crippen molar-refractivity contribution < 1.29 is 9.47 Å². The Morgan fingerprint density at radius 3 is 2.23 bits per heavy atom. The second kappa shape index (κ2) is 9.38. The lowest BCUT2D eigenvalue weighted by Gasteiger charge is -2.16. The molecule has 2 unspecified atom stereocenters. The van der Waals surface area contributed by atoms with Gasteiger partial charge in [0.15, 0.2) is 0 Å². The quantitative estimate of drug-likeness (QED) is 0.532. The van der Waals surface area contributed by atoms with Gasteiger partial charge in [0.2, 0.25) is 0 Å². The minimum atomic E-state index is 0.149. The Labute approximate surface area is 157 Å². The molecular weight excluding hydrogens is 341 g/mol. The first-order valence-electron chi connectivity index (χ1n) is 8.79. The number of para-hydroxylation sites is 2. The van der Waals surface area contributed by atoms with Crippen molar-refractivity contribution in [2.45, 2.75) is 19.3 Å². The van der Waals surface area contributed by atoms with Crippen molar-refractivity contribution in [3.63, 3.8) is 0 Å². The van der Waals surface area contributed by atoms with Crippen LogP contribution in [0.15, 0.2) is 78.9 Å². The number of nitrogens with one attached hydrogen (secondary N) is 1. The molecule has 134 valence electrons. The first kappa shape index (κ1) is 18.4. The van der Waals surface area contributed by atoms with Crippen molar-refractivity contribution in [1.29, 1.82) is 0 Å². The number of hydrogen-bond donors (Lipinski definition) is 1. The summed E-state index contributed by atoms with van der Waals surface area (Å²) in [5.41, 5.74) is 2.34. The Kier molecular flexibility index (Phi) is 6.65. The average Bonchev–Trinajstić information content (AvgIpc) is 2.69. The van der Waals surface area contributed by atoms with Crippen molar-refractivity contribution in [2.75, 3.05) is 6.61 Å². The molecule has 0 aromatic heterocycles. The molecule has 3 nitrogen and oxygen atoms in total. The molecule has 0 spiro atoms. The highest BCUT2D eigenvalue weighted by atomic mass is 31.0. The van der Waals surface area contributed by atoms with Gasteiger partial charge in [0, 0.05) is 17.9 Å². The molecule has 0 radical (unpaired) electrons. The average molecular weight is 365 g/mol. The Morgan fingerprint density at radius 2 is 1.50 bits per heavy atom. The maximum Gasteiger partial charge on any atom is 0.127 e. The fourth-order valence-corrected chi connectivity index (χ4v) is 2.99. The highest BCUT2D eigenvalue weighted by molar-refractivity contribution is 7.17. The zero-order valence-corrected chi connectivity index (χ0v) is 16.0. The van der Waals surface area contributed by atoms with Crippen LogP contribution in [0.2, 0.25) is 0 Å². The molecule has 0 fully saturated rings. The Bertz CT molecular complexity index is 806. The SMILES string of the molecule is CCOc1ccccc1CNC(P)c1ccc(Oc2ccccc2)cc1. The maximum atomic E-state index is 5.84. The summed E-state index contributed by atoms with van der Waals surface area (Å²) < 4.78 is 11.5. The Morgan fingerprint density at radius 1 is 0.846 bits per heavy atom.